The minimum Gasteiger partial charge on any atom is -0.462 e. The number of carbonyl (C=O) groups excluding carboxylic acids is 4. The van der Waals surface area contributed by atoms with Gasteiger partial charge in [-0.2, -0.15) is 0 Å². The molecule has 1 amide bonds. The Morgan fingerprint density at radius 2 is 1.82 bits per heavy atom. The number of anilines is 1. The standard InChI is InChI=1S/C34H48N4O6/c1-8-26-20(2)38(29-17-34(4,5)18-30(40)32(26)29)23-11-14-27(33(35)42)28(15-23)36-22-9-12-24(13-10-22)44-31(41)16-25(19-37(6)7)43-21(3)39/h11,14-15,22,24-25,36H,8-10,12-13,16-19H2,1-7H3,(H2,35,42). The maximum Gasteiger partial charge on any atom is 0.309 e. The van der Waals surface area contributed by atoms with E-state index in [2.05, 4.69) is 37.6 Å². The van der Waals surface area contributed by atoms with Gasteiger partial charge in [0, 0.05) is 54.3 Å². The van der Waals surface area contributed by atoms with Crippen molar-refractivity contribution >= 4 is 29.3 Å². The van der Waals surface area contributed by atoms with Crippen LogP contribution >= 0.6 is 0 Å². The second-order valence-electron chi connectivity index (χ2n) is 13.4. The van der Waals surface area contributed by atoms with Crippen LogP contribution in [0, 0.1) is 12.3 Å². The van der Waals surface area contributed by atoms with Crippen LogP contribution in [0.15, 0.2) is 18.2 Å². The number of hydrogen-bond donors (Lipinski definition) is 2. The summed E-state index contributed by atoms with van der Waals surface area (Å²) in [7, 11) is 3.71. The minimum atomic E-state index is -0.556. The fourth-order valence-corrected chi connectivity index (χ4v) is 6.88. The normalized spacial score (nSPS) is 20.1. The summed E-state index contributed by atoms with van der Waals surface area (Å²) in [4.78, 5) is 51.6. The quantitative estimate of drug-likeness (QED) is 0.349. The number of ether oxygens (including phenoxy) is 2. The molecule has 10 nitrogen and oxygen atoms in total. The summed E-state index contributed by atoms with van der Waals surface area (Å²) in [5.41, 5.74) is 11.6. The Balaban J connectivity index is 1.49. The summed E-state index contributed by atoms with van der Waals surface area (Å²) in [6.07, 6.45) is 4.14. The highest BCUT2D eigenvalue weighted by Gasteiger charge is 2.37. The van der Waals surface area contributed by atoms with Gasteiger partial charge in [0.15, 0.2) is 5.78 Å². The summed E-state index contributed by atoms with van der Waals surface area (Å²) in [6.45, 7) is 10.2. The van der Waals surface area contributed by atoms with E-state index in [1.807, 2.05) is 31.1 Å². The molecule has 1 unspecified atom stereocenters. The maximum atomic E-state index is 13.2. The zero-order valence-electron chi connectivity index (χ0n) is 27.2. The van der Waals surface area contributed by atoms with Crippen molar-refractivity contribution in [2.75, 3.05) is 26.0 Å². The van der Waals surface area contributed by atoms with E-state index >= 15 is 0 Å². The number of likely N-dealkylation sites (N-methyl/N-ethyl adjacent to an activating group) is 1. The minimum absolute atomic E-state index is 0.00966. The summed E-state index contributed by atoms with van der Waals surface area (Å²) >= 11 is 0. The van der Waals surface area contributed by atoms with Crippen molar-refractivity contribution in [1.82, 2.24) is 9.47 Å². The predicted octanol–water partition coefficient (Wildman–Crippen LogP) is 4.75. The molecule has 1 aromatic heterocycles. The number of nitrogens with one attached hydrogen (secondary N) is 1. The molecule has 4 rings (SSSR count). The lowest BCUT2D eigenvalue weighted by molar-refractivity contribution is -0.158. The number of esters is 2. The first kappa shape index (κ1) is 33.2. The highest BCUT2D eigenvalue weighted by molar-refractivity contribution is 6.01. The monoisotopic (exact) mass is 608 g/mol. The number of aromatic nitrogens is 1. The first-order valence-corrected chi connectivity index (χ1v) is 15.7. The second kappa shape index (κ2) is 13.5. The van der Waals surface area contributed by atoms with Crippen molar-refractivity contribution in [1.29, 1.82) is 0 Å². The van der Waals surface area contributed by atoms with Crippen LogP contribution in [0.25, 0.3) is 5.69 Å². The van der Waals surface area contributed by atoms with E-state index in [-0.39, 0.29) is 35.7 Å². The molecule has 1 saturated carbocycles. The van der Waals surface area contributed by atoms with Crippen molar-refractivity contribution < 1.29 is 28.7 Å². The Labute approximate surface area is 260 Å². The van der Waals surface area contributed by atoms with Crippen molar-refractivity contribution in [2.45, 2.75) is 104 Å². The molecule has 2 aromatic rings. The first-order valence-electron chi connectivity index (χ1n) is 15.7. The molecule has 0 spiro atoms. The highest BCUT2D eigenvalue weighted by atomic mass is 16.6. The molecular weight excluding hydrogens is 560 g/mol. The van der Waals surface area contributed by atoms with E-state index in [9.17, 15) is 19.2 Å². The molecule has 1 aromatic carbocycles. The van der Waals surface area contributed by atoms with Crippen molar-refractivity contribution in [3.8, 4) is 5.69 Å². The molecule has 0 radical (unpaired) electrons. The molecule has 1 atom stereocenters. The van der Waals surface area contributed by atoms with E-state index in [4.69, 9.17) is 15.2 Å². The Morgan fingerprint density at radius 3 is 2.41 bits per heavy atom. The number of nitrogens with zero attached hydrogens (tertiary/aromatic N) is 2. The fourth-order valence-electron chi connectivity index (χ4n) is 6.88. The van der Waals surface area contributed by atoms with Gasteiger partial charge in [0.25, 0.3) is 5.91 Å². The molecule has 1 heterocycles. The van der Waals surface area contributed by atoms with Gasteiger partial charge in [-0.15, -0.1) is 0 Å². The zero-order valence-corrected chi connectivity index (χ0v) is 27.2. The summed E-state index contributed by atoms with van der Waals surface area (Å²) in [6, 6.07) is 5.69. The Bertz CT molecular complexity index is 1420. The molecule has 3 N–H and O–H groups in total. The van der Waals surface area contributed by atoms with Crippen LogP contribution < -0.4 is 11.1 Å². The van der Waals surface area contributed by atoms with Gasteiger partial charge in [0.1, 0.15) is 12.2 Å². The lowest BCUT2D eigenvalue weighted by atomic mass is 9.75. The van der Waals surface area contributed by atoms with E-state index < -0.39 is 18.0 Å². The molecular formula is C34H48N4O6. The predicted molar refractivity (Wildman–Crippen MR) is 169 cm³/mol. The van der Waals surface area contributed by atoms with E-state index in [0.29, 0.717) is 37.1 Å². The van der Waals surface area contributed by atoms with Gasteiger partial charge in [-0.1, -0.05) is 20.8 Å². The zero-order chi connectivity index (χ0) is 32.3. The smallest absolute Gasteiger partial charge is 0.309 e. The number of benzene rings is 1. The number of hydrogen-bond acceptors (Lipinski definition) is 8. The van der Waals surface area contributed by atoms with Crippen molar-refractivity contribution in [3.63, 3.8) is 0 Å². The fraction of sp³-hybridized carbons (Fsp3) is 0.588. The molecule has 44 heavy (non-hydrogen) atoms. The van der Waals surface area contributed by atoms with E-state index in [1.54, 1.807) is 6.07 Å². The van der Waals surface area contributed by atoms with Crippen LogP contribution in [0.1, 0.15) is 104 Å². The Hall–Kier alpha value is -3.66. The molecule has 10 heteroatoms. The first-order chi connectivity index (χ1) is 20.7. The largest absolute Gasteiger partial charge is 0.462 e. The lowest BCUT2D eigenvalue weighted by Crippen LogP contribution is -2.35. The van der Waals surface area contributed by atoms with Crippen molar-refractivity contribution in [2.24, 2.45) is 11.1 Å². The number of nitrogens with two attached hydrogens (primary N) is 1. The van der Waals surface area contributed by atoms with Crippen LogP contribution in [0.2, 0.25) is 0 Å². The van der Waals surface area contributed by atoms with Gasteiger partial charge in [-0.05, 0) is 88.7 Å². The SMILES string of the molecule is CCc1c2c(n(-c3ccc(C(N)=O)c(NC4CCC(OC(=O)CC(CN(C)C)OC(C)=O)CC4)c3)c1C)CC(C)(C)CC2=O. The Morgan fingerprint density at radius 1 is 1.14 bits per heavy atom. The third kappa shape index (κ3) is 7.70. The molecule has 0 saturated heterocycles. The van der Waals surface area contributed by atoms with Crippen LogP contribution in [-0.2, 0) is 31.9 Å². The molecule has 2 aliphatic carbocycles. The van der Waals surface area contributed by atoms with Gasteiger partial charge in [0.05, 0.1) is 12.0 Å². The number of primary amides is 1. The van der Waals surface area contributed by atoms with E-state index in [1.165, 1.54) is 6.92 Å². The van der Waals surface area contributed by atoms with Gasteiger partial charge < -0.3 is 30.0 Å². The molecule has 0 bridgehead atoms. The van der Waals surface area contributed by atoms with Gasteiger partial charge in [0.2, 0.25) is 0 Å². The number of rotatable bonds is 11. The molecule has 0 aliphatic heterocycles. The van der Waals surface area contributed by atoms with E-state index in [0.717, 1.165) is 53.9 Å². The number of carbonyl (C=O) groups is 4. The molecule has 240 valence electrons. The average molecular weight is 609 g/mol. The number of Topliss-reactive ketones (excluding diaryl/α,β-unsaturated/α-hetero) is 1. The van der Waals surface area contributed by atoms with Crippen LogP contribution in [0.5, 0.6) is 0 Å². The van der Waals surface area contributed by atoms with Gasteiger partial charge in [-0.3, -0.25) is 19.2 Å². The maximum absolute atomic E-state index is 13.2. The highest BCUT2D eigenvalue weighted by Crippen LogP contribution is 2.40. The van der Waals surface area contributed by atoms with Crippen LogP contribution in [-0.4, -0.2) is 72.0 Å². The lowest BCUT2D eigenvalue weighted by Gasteiger charge is -2.31. The summed E-state index contributed by atoms with van der Waals surface area (Å²) in [5, 5.41) is 3.55. The van der Waals surface area contributed by atoms with Gasteiger partial charge in [-0.25, -0.2) is 0 Å². The van der Waals surface area contributed by atoms with Gasteiger partial charge >= 0.3 is 11.9 Å². The Kier molecular flexibility index (Phi) is 10.2. The number of fused-ring (bicyclic) bond motifs is 1. The average Bonchev–Trinajstić information content (AvgIpc) is 3.18. The molecule has 1 fully saturated rings. The third-order valence-electron chi connectivity index (χ3n) is 8.70. The van der Waals surface area contributed by atoms with Crippen molar-refractivity contribution in [3.05, 3.63) is 46.3 Å². The topological polar surface area (TPSA) is 133 Å². The summed E-state index contributed by atoms with van der Waals surface area (Å²) < 4.78 is 13.2. The third-order valence-corrected chi connectivity index (χ3v) is 8.70. The second-order valence-corrected chi connectivity index (χ2v) is 13.4. The summed E-state index contributed by atoms with van der Waals surface area (Å²) in [5.74, 6) is -1.13. The van der Waals surface area contributed by atoms with Crippen LogP contribution in [0.3, 0.4) is 0 Å². The van der Waals surface area contributed by atoms with Crippen LogP contribution in [0.4, 0.5) is 5.69 Å². The number of amides is 1. The molecule has 2 aliphatic rings. The number of ketones is 1.